The highest BCUT2D eigenvalue weighted by atomic mass is 16.3. The van der Waals surface area contributed by atoms with Gasteiger partial charge in [0.05, 0.1) is 16.8 Å². The molecule has 1 aliphatic carbocycles. The average molecular weight is 730 g/mol. The molecule has 0 spiro atoms. The van der Waals surface area contributed by atoms with Crippen LogP contribution in [0, 0.1) is 0 Å². The lowest BCUT2D eigenvalue weighted by molar-refractivity contribution is 0.559. The van der Waals surface area contributed by atoms with Crippen LogP contribution in [0.3, 0.4) is 0 Å². The Labute approximate surface area is 329 Å². The fraction of sp³-hybridized carbons (Fsp3) is 0.208. The maximum absolute atomic E-state index is 6.93. The highest BCUT2D eigenvalue weighted by molar-refractivity contribution is 6.15. The number of anilines is 3. The summed E-state index contributed by atoms with van der Waals surface area (Å²) < 4.78 is 13.4. The van der Waals surface area contributed by atoms with Gasteiger partial charge in [0.15, 0.2) is 0 Å². The van der Waals surface area contributed by atoms with Crippen molar-refractivity contribution < 1.29 is 8.83 Å². The van der Waals surface area contributed by atoms with E-state index < -0.39 is 0 Å². The normalized spacial score (nSPS) is 13.9. The van der Waals surface area contributed by atoms with E-state index >= 15 is 0 Å². The van der Waals surface area contributed by atoms with E-state index in [-0.39, 0.29) is 16.2 Å². The maximum Gasteiger partial charge on any atom is 0.143 e. The van der Waals surface area contributed by atoms with Crippen LogP contribution in [0.1, 0.15) is 77.6 Å². The Morgan fingerprint density at radius 2 is 1.12 bits per heavy atom. The third-order valence-corrected chi connectivity index (χ3v) is 12.1. The van der Waals surface area contributed by atoms with Crippen molar-refractivity contribution in [2.24, 2.45) is 0 Å². The lowest BCUT2D eigenvalue weighted by Gasteiger charge is -2.32. The number of benzene rings is 7. The zero-order valence-electron chi connectivity index (χ0n) is 33.5. The highest BCUT2D eigenvalue weighted by Gasteiger charge is 2.39. The van der Waals surface area contributed by atoms with Gasteiger partial charge in [-0.2, -0.15) is 0 Å². The number of nitrogens with zero attached hydrogens (tertiary/aromatic N) is 1. The molecule has 10 rings (SSSR count). The van der Waals surface area contributed by atoms with Crippen LogP contribution in [-0.4, -0.2) is 0 Å². The van der Waals surface area contributed by atoms with Gasteiger partial charge in [0, 0.05) is 38.4 Å². The minimum atomic E-state index is -0.219. The molecule has 0 saturated carbocycles. The van der Waals surface area contributed by atoms with Crippen LogP contribution in [0.5, 0.6) is 0 Å². The molecule has 2 aromatic heterocycles. The predicted octanol–water partition coefficient (Wildman–Crippen LogP) is 15.5. The van der Waals surface area contributed by atoms with Gasteiger partial charge < -0.3 is 13.7 Å². The van der Waals surface area contributed by atoms with Gasteiger partial charge in [-0.05, 0) is 86.7 Å². The molecule has 0 fully saturated rings. The number of hydrogen-bond acceptors (Lipinski definition) is 3. The molecule has 0 radical (unpaired) electrons. The van der Waals surface area contributed by atoms with E-state index in [1.807, 2.05) is 12.1 Å². The second-order valence-electron chi connectivity index (χ2n) is 18.2. The summed E-state index contributed by atoms with van der Waals surface area (Å²) in [7, 11) is 0. The summed E-state index contributed by atoms with van der Waals surface area (Å²) in [5, 5.41) is 4.55. The summed E-state index contributed by atoms with van der Waals surface area (Å²) in [6, 6.07) is 50.8. The summed E-state index contributed by atoms with van der Waals surface area (Å²) in [5.41, 5.74) is 16.7. The minimum absolute atomic E-state index is 0.0407. The summed E-state index contributed by atoms with van der Waals surface area (Å²) in [4.78, 5) is 2.48. The van der Waals surface area contributed by atoms with E-state index in [1.54, 1.807) is 0 Å². The smallest absolute Gasteiger partial charge is 0.143 e. The SMILES string of the molecule is CC(C)(C)c1cc(C(C)(C)C)c2oc3cccc(N(c4ccc(-c5cccc6c5oc5ccccc56)cc4)c4cccc5c4C(C)(C)c4ccccc4-5)c3c2c1. The van der Waals surface area contributed by atoms with Crippen LogP contribution in [0.4, 0.5) is 17.1 Å². The van der Waals surface area contributed by atoms with Crippen molar-refractivity contribution in [3.63, 3.8) is 0 Å². The molecule has 3 nitrogen and oxygen atoms in total. The average Bonchev–Trinajstić information content (AvgIpc) is 3.83. The third kappa shape index (κ3) is 5.10. The molecule has 3 heteroatoms. The summed E-state index contributed by atoms with van der Waals surface area (Å²) in [5.74, 6) is 0. The molecule has 56 heavy (non-hydrogen) atoms. The van der Waals surface area contributed by atoms with E-state index in [4.69, 9.17) is 8.83 Å². The lowest BCUT2D eigenvalue weighted by atomic mass is 9.79. The van der Waals surface area contributed by atoms with Crippen molar-refractivity contribution in [1.29, 1.82) is 0 Å². The molecule has 9 aromatic rings. The van der Waals surface area contributed by atoms with Gasteiger partial charge in [0.1, 0.15) is 22.3 Å². The third-order valence-electron chi connectivity index (χ3n) is 12.1. The van der Waals surface area contributed by atoms with E-state index in [1.165, 1.54) is 39.1 Å². The molecule has 0 saturated heterocycles. The second-order valence-corrected chi connectivity index (χ2v) is 18.2. The molecule has 0 unspecified atom stereocenters. The number of hydrogen-bond donors (Lipinski definition) is 0. The summed E-state index contributed by atoms with van der Waals surface area (Å²) >= 11 is 0. The molecular weight excluding hydrogens is 683 g/mol. The first-order valence-electron chi connectivity index (χ1n) is 19.9. The van der Waals surface area contributed by atoms with E-state index in [9.17, 15) is 0 Å². The first-order valence-corrected chi connectivity index (χ1v) is 19.9. The highest BCUT2D eigenvalue weighted by Crippen LogP contribution is 2.55. The van der Waals surface area contributed by atoms with Crippen LogP contribution in [0.15, 0.2) is 148 Å². The molecule has 0 atom stereocenters. The van der Waals surface area contributed by atoms with Crippen molar-refractivity contribution in [3.8, 4) is 22.3 Å². The van der Waals surface area contributed by atoms with Gasteiger partial charge in [-0.1, -0.05) is 152 Å². The van der Waals surface area contributed by atoms with Crippen LogP contribution in [0.25, 0.3) is 66.1 Å². The van der Waals surface area contributed by atoms with Crippen LogP contribution >= 0.6 is 0 Å². The summed E-state index contributed by atoms with van der Waals surface area (Å²) in [6.45, 7) is 18.5. The van der Waals surface area contributed by atoms with E-state index in [0.29, 0.717) is 0 Å². The number of para-hydroxylation sites is 2. The Morgan fingerprint density at radius 1 is 0.500 bits per heavy atom. The molecule has 0 N–H and O–H groups in total. The number of fused-ring (bicyclic) bond motifs is 9. The molecule has 2 heterocycles. The van der Waals surface area contributed by atoms with Crippen molar-refractivity contribution in [2.75, 3.05) is 4.90 Å². The van der Waals surface area contributed by atoms with Gasteiger partial charge in [-0.3, -0.25) is 0 Å². The van der Waals surface area contributed by atoms with Gasteiger partial charge in [-0.15, -0.1) is 0 Å². The zero-order chi connectivity index (χ0) is 38.7. The molecular formula is C53H47NO2. The summed E-state index contributed by atoms with van der Waals surface area (Å²) in [6.07, 6.45) is 0. The lowest BCUT2D eigenvalue weighted by Crippen LogP contribution is -2.20. The van der Waals surface area contributed by atoms with E-state index in [0.717, 1.165) is 66.4 Å². The van der Waals surface area contributed by atoms with Gasteiger partial charge in [0.2, 0.25) is 0 Å². The minimum Gasteiger partial charge on any atom is -0.456 e. The van der Waals surface area contributed by atoms with Crippen LogP contribution in [-0.2, 0) is 16.2 Å². The fourth-order valence-electron chi connectivity index (χ4n) is 9.26. The number of rotatable bonds is 4. The molecule has 1 aliphatic rings. The second kappa shape index (κ2) is 12.0. The molecule has 0 amide bonds. The van der Waals surface area contributed by atoms with Crippen LogP contribution < -0.4 is 4.90 Å². The van der Waals surface area contributed by atoms with Crippen molar-refractivity contribution >= 4 is 60.9 Å². The van der Waals surface area contributed by atoms with Gasteiger partial charge >= 0.3 is 0 Å². The Kier molecular flexibility index (Phi) is 7.36. The first kappa shape index (κ1) is 34.4. The predicted molar refractivity (Wildman–Crippen MR) is 236 cm³/mol. The maximum atomic E-state index is 6.93. The Bertz CT molecular complexity index is 3010. The topological polar surface area (TPSA) is 29.5 Å². The monoisotopic (exact) mass is 729 g/mol. The van der Waals surface area contributed by atoms with E-state index in [2.05, 4.69) is 188 Å². The standard InChI is InChI=1S/C53H47NO2/c1-51(2,3)33-30-40-47-43(22-15-25-46(47)56-50(40)42(31-33)52(4,5)6)54(44-23-14-19-38-36-16-9-11-21-41(36)53(7,8)48(38)44)34-28-26-32(27-29-34)35-18-13-20-39-37-17-10-12-24-45(37)55-49(35)39/h9-31H,1-8H3. The van der Waals surface area contributed by atoms with Gasteiger partial charge in [-0.25, -0.2) is 0 Å². The van der Waals surface area contributed by atoms with Crippen molar-refractivity contribution in [2.45, 2.75) is 71.6 Å². The van der Waals surface area contributed by atoms with Crippen LogP contribution in [0.2, 0.25) is 0 Å². The molecule has 7 aromatic carbocycles. The molecule has 276 valence electrons. The molecule has 0 bridgehead atoms. The molecule has 0 aliphatic heterocycles. The number of furan rings is 2. The van der Waals surface area contributed by atoms with Crippen molar-refractivity contribution in [1.82, 2.24) is 0 Å². The van der Waals surface area contributed by atoms with Gasteiger partial charge in [0.25, 0.3) is 0 Å². The zero-order valence-corrected chi connectivity index (χ0v) is 33.5. The fourth-order valence-corrected chi connectivity index (χ4v) is 9.26. The Morgan fingerprint density at radius 3 is 1.91 bits per heavy atom. The Hall–Kier alpha value is -6.06. The quantitative estimate of drug-likeness (QED) is 0.181. The first-order chi connectivity index (χ1) is 26.8. The largest absolute Gasteiger partial charge is 0.456 e. The van der Waals surface area contributed by atoms with Crippen molar-refractivity contribution in [3.05, 3.63) is 162 Å². The Balaban J connectivity index is 1.24.